The Bertz CT molecular complexity index is 1520. The van der Waals surface area contributed by atoms with E-state index in [9.17, 15) is 18.0 Å². The summed E-state index contributed by atoms with van der Waals surface area (Å²) in [5.41, 5.74) is 2.01. The third kappa shape index (κ3) is 4.76. The Morgan fingerprint density at radius 3 is 2.43 bits per heavy atom. The summed E-state index contributed by atoms with van der Waals surface area (Å²) in [5.74, 6) is -1.42. The molecule has 0 atom stereocenters. The largest absolute Gasteiger partial charge is 0.463 e. The SMILES string of the molecule is COC(=O)c1ccc(NC(=O)CN(c2cccc(C)c2C)S(=O)(=O)c2cccc3ccccc23)o1. The number of hydrogen-bond acceptors (Lipinski definition) is 6. The zero-order valence-electron chi connectivity index (χ0n) is 19.4. The number of aryl methyl sites for hydroxylation is 1. The van der Waals surface area contributed by atoms with Gasteiger partial charge in [0.1, 0.15) is 6.54 Å². The Labute approximate surface area is 203 Å². The van der Waals surface area contributed by atoms with Crippen molar-refractivity contribution < 1.29 is 27.2 Å². The number of nitrogens with one attached hydrogen (secondary N) is 1. The van der Waals surface area contributed by atoms with E-state index in [-0.39, 0.29) is 16.5 Å². The molecule has 0 aliphatic rings. The van der Waals surface area contributed by atoms with E-state index in [0.717, 1.165) is 20.8 Å². The number of ether oxygens (including phenoxy) is 1. The van der Waals surface area contributed by atoms with Gasteiger partial charge in [0.15, 0.2) is 0 Å². The molecule has 0 aliphatic carbocycles. The molecule has 0 fully saturated rings. The maximum Gasteiger partial charge on any atom is 0.374 e. The number of amides is 1. The average Bonchev–Trinajstić information content (AvgIpc) is 3.32. The number of nitrogens with zero attached hydrogens (tertiary/aromatic N) is 1. The third-order valence-electron chi connectivity index (χ3n) is 5.70. The fraction of sp³-hybridized carbons (Fsp3) is 0.154. The summed E-state index contributed by atoms with van der Waals surface area (Å²) in [5, 5.41) is 3.84. The molecular formula is C26H24N2O6S. The van der Waals surface area contributed by atoms with Crippen LogP contribution in [0.25, 0.3) is 10.8 Å². The van der Waals surface area contributed by atoms with Crippen LogP contribution in [0.3, 0.4) is 0 Å². The molecule has 3 aromatic carbocycles. The van der Waals surface area contributed by atoms with Crippen LogP contribution in [0.4, 0.5) is 11.6 Å². The number of benzene rings is 3. The molecular weight excluding hydrogens is 468 g/mol. The molecule has 4 aromatic rings. The molecule has 0 saturated carbocycles. The molecule has 1 heterocycles. The number of fused-ring (bicyclic) bond motifs is 1. The molecule has 180 valence electrons. The molecule has 4 rings (SSSR count). The van der Waals surface area contributed by atoms with E-state index in [1.54, 1.807) is 30.3 Å². The first-order chi connectivity index (χ1) is 16.7. The molecule has 9 heteroatoms. The molecule has 0 bridgehead atoms. The molecule has 0 spiro atoms. The van der Waals surface area contributed by atoms with Gasteiger partial charge in [-0.15, -0.1) is 0 Å². The summed E-state index contributed by atoms with van der Waals surface area (Å²) in [4.78, 5) is 24.7. The summed E-state index contributed by atoms with van der Waals surface area (Å²) < 4.78 is 39.0. The lowest BCUT2D eigenvalue weighted by Crippen LogP contribution is -2.38. The maximum atomic E-state index is 14.0. The summed E-state index contributed by atoms with van der Waals surface area (Å²) in [7, 11) is -2.94. The van der Waals surface area contributed by atoms with E-state index in [1.807, 2.05) is 38.1 Å². The minimum Gasteiger partial charge on any atom is -0.463 e. The summed E-state index contributed by atoms with van der Waals surface area (Å²) in [6.07, 6.45) is 0. The van der Waals surface area contributed by atoms with Crippen molar-refractivity contribution in [1.82, 2.24) is 0 Å². The lowest BCUT2D eigenvalue weighted by molar-refractivity contribution is -0.114. The number of anilines is 2. The van der Waals surface area contributed by atoms with Gasteiger partial charge in [-0.2, -0.15) is 0 Å². The predicted molar refractivity (Wildman–Crippen MR) is 133 cm³/mol. The fourth-order valence-electron chi connectivity index (χ4n) is 3.77. The number of methoxy groups -OCH3 is 1. The topological polar surface area (TPSA) is 106 Å². The molecule has 35 heavy (non-hydrogen) atoms. The Kier molecular flexibility index (Phi) is 6.61. The van der Waals surface area contributed by atoms with Gasteiger partial charge in [-0.3, -0.25) is 14.4 Å². The van der Waals surface area contributed by atoms with E-state index in [4.69, 9.17) is 4.42 Å². The second-order valence-corrected chi connectivity index (χ2v) is 9.74. The van der Waals surface area contributed by atoms with Gasteiger partial charge in [0.25, 0.3) is 10.0 Å². The van der Waals surface area contributed by atoms with Gasteiger partial charge in [-0.05, 0) is 48.6 Å². The first-order valence-electron chi connectivity index (χ1n) is 10.8. The van der Waals surface area contributed by atoms with Gasteiger partial charge >= 0.3 is 5.97 Å². The van der Waals surface area contributed by atoms with Crippen LogP contribution in [0.15, 0.2) is 82.1 Å². The molecule has 1 N–H and O–H groups in total. The van der Waals surface area contributed by atoms with Crippen LogP contribution in [0.5, 0.6) is 0 Å². The minimum atomic E-state index is -4.15. The van der Waals surface area contributed by atoms with Gasteiger partial charge in [0.05, 0.1) is 17.7 Å². The Morgan fingerprint density at radius 2 is 1.66 bits per heavy atom. The normalized spacial score (nSPS) is 11.3. The Balaban J connectivity index is 1.74. The van der Waals surface area contributed by atoms with Gasteiger partial charge in [-0.25, -0.2) is 13.2 Å². The van der Waals surface area contributed by atoms with E-state index in [1.165, 1.54) is 25.3 Å². The van der Waals surface area contributed by atoms with E-state index in [0.29, 0.717) is 11.1 Å². The number of carbonyl (C=O) groups excluding carboxylic acids is 2. The highest BCUT2D eigenvalue weighted by molar-refractivity contribution is 7.93. The van der Waals surface area contributed by atoms with Gasteiger partial charge < -0.3 is 9.15 Å². The van der Waals surface area contributed by atoms with Crippen molar-refractivity contribution >= 4 is 44.2 Å². The Morgan fingerprint density at radius 1 is 0.943 bits per heavy atom. The number of carbonyl (C=O) groups is 2. The minimum absolute atomic E-state index is 0.00104. The van der Waals surface area contributed by atoms with Crippen molar-refractivity contribution in [2.45, 2.75) is 18.7 Å². The third-order valence-corrected chi connectivity index (χ3v) is 7.52. The quantitative estimate of drug-likeness (QED) is 0.376. The molecule has 0 aliphatic heterocycles. The lowest BCUT2D eigenvalue weighted by atomic mass is 10.1. The molecule has 1 aromatic heterocycles. The van der Waals surface area contributed by atoms with Crippen LogP contribution in [0.1, 0.15) is 21.7 Å². The van der Waals surface area contributed by atoms with Gasteiger partial charge in [-0.1, -0.05) is 48.5 Å². The van der Waals surface area contributed by atoms with E-state index in [2.05, 4.69) is 10.1 Å². The van der Waals surface area contributed by atoms with Gasteiger partial charge in [0.2, 0.25) is 17.6 Å². The number of rotatable bonds is 7. The maximum absolute atomic E-state index is 14.0. The molecule has 8 nitrogen and oxygen atoms in total. The van der Waals surface area contributed by atoms with Crippen molar-refractivity contribution in [3.05, 3.63) is 89.7 Å². The fourth-order valence-corrected chi connectivity index (χ4v) is 5.46. The van der Waals surface area contributed by atoms with E-state index < -0.39 is 28.4 Å². The van der Waals surface area contributed by atoms with E-state index >= 15 is 0 Å². The van der Waals surface area contributed by atoms with Crippen molar-refractivity contribution in [2.24, 2.45) is 0 Å². The van der Waals surface area contributed by atoms with Crippen molar-refractivity contribution in [3.8, 4) is 0 Å². The highest BCUT2D eigenvalue weighted by Gasteiger charge is 2.30. The highest BCUT2D eigenvalue weighted by atomic mass is 32.2. The highest BCUT2D eigenvalue weighted by Crippen LogP contribution is 2.32. The molecule has 1 amide bonds. The zero-order chi connectivity index (χ0) is 25.2. The zero-order valence-corrected chi connectivity index (χ0v) is 20.3. The second-order valence-electron chi connectivity index (χ2n) is 7.91. The van der Waals surface area contributed by atoms with Crippen LogP contribution >= 0.6 is 0 Å². The van der Waals surface area contributed by atoms with Crippen molar-refractivity contribution in [3.63, 3.8) is 0 Å². The molecule has 0 radical (unpaired) electrons. The van der Waals surface area contributed by atoms with Gasteiger partial charge in [0, 0.05) is 11.5 Å². The van der Waals surface area contributed by atoms with Crippen molar-refractivity contribution in [2.75, 3.05) is 23.3 Å². The summed E-state index contributed by atoms with van der Waals surface area (Å²) >= 11 is 0. The number of hydrogen-bond donors (Lipinski definition) is 1. The van der Waals surface area contributed by atoms with Crippen LogP contribution in [-0.2, 0) is 19.6 Å². The smallest absolute Gasteiger partial charge is 0.374 e. The number of esters is 1. The summed E-state index contributed by atoms with van der Waals surface area (Å²) in [6, 6.07) is 20.3. The molecule has 0 unspecified atom stereocenters. The Hall–Kier alpha value is -4.11. The van der Waals surface area contributed by atoms with Crippen LogP contribution in [0.2, 0.25) is 0 Å². The van der Waals surface area contributed by atoms with Crippen LogP contribution in [0, 0.1) is 13.8 Å². The second kappa shape index (κ2) is 9.63. The first kappa shape index (κ1) is 24.0. The molecule has 0 saturated heterocycles. The predicted octanol–water partition coefficient (Wildman–Crippen LogP) is 4.67. The average molecular weight is 493 g/mol. The number of furan rings is 1. The monoisotopic (exact) mass is 492 g/mol. The lowest BCUT2D eigenvalue weighted by Gasteiger charge is -2.26. The van der Waals surface area contributed by atoms with Crippen molar-refractivity contribution in [1.29, 1.82) is 0 Å². The number of sulfonamides is 1. The summed E-state index contributed by atoms with van der Waals surface area (Å²) in [6.45, 7) is 3.17. The standard InChI is InChI=1S/C26H24N2O6S/c1-17-8-6-12-21(18(17)2)28(16-24(29)27-25-15-14-22(34-25)26(30)33-3)35(31,32)23-13-7-10-19-9-4-5-11-20(19)23/h4-15H,16H2,1-3H3,(H,27,29). The first-order valence-corrected chi connectivity index (χ1v) is 12.2. The van der Waals surface area contributed by atoms with Crippen LogP contribution < -0.4 is 9.62 Å². The van der Waals surface area contributed by atoms with Crippen LogP contribution in [-0.4, -0.2) is 33.9 Å².